The van der Waals surface area contributed by atoms with Gasteiger partial charge in [-0.1, -0.05) is 0 Å². The summed E-state index contributed by atoms with van der Waals surface area (Å²) in [5.41, 5.74) is 4.09. The Morgan fingerprint density at radius 3 is 2.53 bits per heavy atom. The lowest BCUT2D eigenvalue weighted by Crippen LogP contribution is -2.24. The number of hydroxylamine groups is 1. The molecule has 0 bridgehead atoms. The van der Waals surface area contributed by atoms with Crippen molar-refractivity contribution >= 4 is 11.9 Å². The van der Waals surface area contributed by atoms with E-state index in [4.69, 9.17) is 4.84 Å². The van der Waals surface area contributed by atoms with Gasteiger partial charge in [-0.15, -0.1) is 0 Å². The highest BCUT2D eigenvalue weighted by Gasteiger charge is 2.22. The van der Waals surface area contributed by atoms with E-state index < -0.39 is 11.9 Å². The highest BCUT2D eigenvalue weighted by atomic mass is 16.6. The first kappa shape index (κ1) is 13.2. The van der Waals surface area contributed by atoms with Crippen LogP contribution in [0.1, 0.15) is 39.0 Å². The zero-order valence-electron chi connectivity index (χ0n) is 10.3. The van der Waals surface area contributed by atoms with Crippen LogP contribution in [0.5, 0.6) is 0 Å². The molecule has 6 nitrogen and oxygen atoms in total. The third-order valence-electron chi connectivity index (χ3n) is 2.36. The number of nitrogens with one attached hydrogen (secondary N) is 2. The number of aromatic amines is 1. The number of hydrogen-bond acceptors (Lipinski definition) is 4. The molecule has 94 valence electrons. The molecule has 1 rings (SSSR count). The molecule has 1 aromatic rings. The van der Waals surface area contributed by atoms with Crippen LogP contribution >= 0.6 is 0 Å². The number of ether oxygens (including phenoxy) is 1. The van der Waals surface area contributed by atoms with Crippen molar-refractivity contribution in [2.24, 2.45) is 0 Å². The normalized spacial score (nSPS) is 10.1. The Morgan fingerprint density at radius 2 is 2.00 bits per heavy atom. The molecule has 0 aliphatic rings. The fourth-order valence-corrected chi connectivity index (χ4v) is 1.57. The molecule has 1 aromatic heterocycles. The van der Waals surface area contributed by atoms with Crippen LogP contribution in [0.15, 0.2) is 0 Å². The highest BCUT2D eigenvalue weighted by molar-refractivity contribution is 6.00. The number of aryl methyl sites for hydroxylation is 1. The maximum absolute atomic E-state index is 11.7. The van der Waals surface area contributed by atoms with E-state index >= 15 is 0 Å². The summed E-state index contributed by atoms with van der Waals surface area (Å²) in [5.74, 6) is -0.880. The molecule has 0 aromatic carbocycles. The second-order valence-corrected chi connectivity index (χ2v) is 3.48. The van der Waals surface area contributed by atoms with Gasteiger partial charge in [-0.25, -0.2) is 10.3 Å². The van der Waals surface area contributed by atoms with Crippen molar-refractivity contribution in [3.05, 3.63) is 22.5 Å². The molecule has 0 unspecified atom stereocenters. The number of esters is 1. The number of carbonyl (C=O) groups excluding carboxylic acids is 2. The van der Waals surface area contributed by atoms with Gasteiger partial charge in [-0.05, 0) is 26.3 Å². The second kappa shape index (κ2) is 5.49. The number of amides is 1. The van der Waals surface area contributed by atoms with Crippen LogP contribution in [0.25, 0.3) is 0 Å². The van der Waals surface area contributed by atoms with Gasteiger partial charge in [0.05, 0.1) is 19.3 Å². The van der Waals surface area contributed by atoms with Crippen molar-refractivity contribution in [3.63, 3.8) is 0 Å². The average Bonchev–Trinajstić information content (AvgIpc) is 2.61. The Bertz CT molecular complexity index is 437. The topological polar surface area (TPSA) is 80.4 Å². The molecule has 0 atom stereocenters. The first-order chi connectivity index (χ1) is 8.02. The predicted molar refractivity (Wildman–Crippen MR) is 60.7 cm³/mol. The van der Waals surface area contributed by atoms with E-state index in [-0.39, 0.29) is 0 Å². The van der Waals surface area contributed by atoms with E-state index in [0.29, 0.717) is 29.1 Å². The van der Waals surface area contributed by atoms with Gasteiger partial charge in [0.1, 0.15) is 5.69 Å². The number of rotatable bonds is 4. The van der Waals surface area contributed by atoms with E-state index in [1.165, 1.54) is 7.11 Å². The molecule has 0 spiro atoms. The third kappa shape index (κ3) is 2.65. The monoisotopic (exact) mass is 240 g/mol. The standard InChI is InChI=1S/C11H16N2O4/c1-5-17-13-10(14)9-6(2)8(7(3)12-9)11(15)16-4/h12H,5H2,1-4H3,(H,13,14). The average molecular weight is 240 g/mol. The second-order valence-electron chi connectivity index (χ2n) is 3.48. The van der Waals surface area contributed by atoms with Crippen molar-refractivity contribution in [2.75, 3.05) is 13.7 Å². The lowest BCUT2D eigenvalue weighted by Gasteiger charge is -2.03. The molecule has 17 heavy (non-hydrogen) atoms. The Labute approximate surface area is 99.2 Å². The molecule has 1 heterocycles. The minimum absolute atomic E-state index is 0.302. The number of H-pyrrole nitrogens is 1. The van der Waals surface area contributed by atoms with Gasteiger partial charge in [-0.3, -0.25) is 9.63 Å². The van der Waals surface area contributed by atoms with Gasteiger partial charge >= 0.3 is 5.97 Å². The highest BCUT2D eigenvalue weighted by Crippen LogP contribution is 2.18. The Kier molecular flexibility index (Phi) is 4.28. The number of carbonyl (C=O) groups is 2. The molecule has 0 radical (unpaired) electrons. The molecule has 1 amide bonds. The van der Waals surface area contributed by atoms with Gasteiger partial charge in [-0.2, -0.15) is 0 Å². The van der Waals surface area contributed by atoms with Crippen LogP contribution in [0.2, 0.25) is 0 Å². The predicted octanol–water partition coefficient (Wildman–Crippen LogP) is 1.10. The molecule has 0 aliphatic carbocycles. The molecule has 2 N–H and O–H groups in total. The van der Waals surface area contributed by atoms with Gasteiger partial charge in [0.25, 0.3) is 5.91 Å². The Balaban J connectivity index is 3.04. The number of hydrogen-bond donors (Lipinski definition) is 2. The fraction of sp³-hybridized carbons (Fsp3) is 0.455. The van der Waals surface area contributed by atoms with Crippen LogP contribution in [-0.4, -0.2) is 30.6 Å². The number of methoxy groups -OCH3 is 1. The zero-order chi connectivity index (χ0) is 13.0. The summed E-state index contributed by atoms with van der Waals surface area (Å²) in [5, 5.41) is 0. The first-order valence-electron chi connectivity index (χ1n) is 5.22. The minimum atomic E-state index is -0.466. The summed E-state index contributed by atoms with van der Waals surface area (Å²) in [6, 6.07) is 0. The molecular weight excluding hydrogens is 224 g/mol. The van der Waals surface area contributed by atoms with Crippen LogP contribution in [0.4, 0.5) is 0 Å². The van der Waals surface area contributed by atoms with Crippen molar-refractivity contribution in [1.29, 1.82) is 0 Å². The first-order valence-corrected chi connectivity index (χ1v) is 5.22. The van der Waals surface area contributed by atoms with Crippen molar-refractivity contribution in [1.82, 2.24) is 10.5 Å². The quantitative estimate of drug-likeness (QED) is 0.610. The van der Waals surface area contributed by atoms with E-state index in [1.807, 2.05) is 0 Å². The summed E-state index contributed by atoms with van der Waals surface area (Å²) in [6.07, 6.45) is 0. The van der Waals surface area contributed by atoms with Crippen LogP contribution < -0.4 is 5.48 Å². The summed E-state index contributed by atoms with van der Waals surface area (Å²) in [4.78, 5) is 30.8. The fourth-order valence-electron chi connectivity index (χ4n) is 1.57. The lowest BCUT2D eigenvalue weighted by atomic mass is 10.1. The van der Waals surface area contributed by atoms with Gasteiger partial charge in [0, 0.05) is 5.69 Å². The summed E-state index contributed by atoms with van der Waals surface area (Å²) in [7, 11) is 1.30. The summed E-state index contributed by atoms with van der Waals surface area (Å²) < 4.78 is 4.65. The van der Waals surface area contributed by atoms with E-state index in [2.05, 4.69) is 15.2 Å². The molecular formula is C11H16N2O4. The molecule has 0 fully saturated rings. The van der Waals surface area contributed by atoms with Crippen molar-refractivity contribution in [3.8, 4) is 0 Å². The minimum Gasteiger partial charge on any atom is -0.465 e. The zero-order valence-corrected chi connectivity index (χ0v) is 10.3. The SMILES string of the molecule is CCONC(=O)c1[nH]c(C)c(C(=O)OC)c1C. The van der Waals surface area contributed by atoms with Gasteiger partial charge in [0.15, 0.2) is 0 Å². The smallest absolute Gasteiger partial charge is 0.339 e. The largest absolute Gasteiger partial charge is 0.465 e. The summed E-state index contributed by atoms with van der Waals surface area (Å²) >= 11 is 0. The van der Waals surface area contributed by atoms with Crippen LogP contribution in [0.3, 0.4) is 0 Å². The Hall–Kier alpha value is -1.82. The van der Waals surface area contributed by atoms with Gasteiger partial charge in [0.2, 0.25) is 0 Å². The van der Waals surface area contributed by atoms with Crippen molar-refractivity contribution < 1.29 is 19.2 Å². The van der Waals surface area contributed by atoms with Crippen LogP contribution in [0, 0.1) is 13.8 Å². The van der Waals surface area contributed by atoms with Crippen LogP contribution in [-0.2, 0) is 9.57 Å². The molecule has 0 saturated carbocycles. The van der Waals surface area contributed by atoms with Crippen molar-refractivity contribution in [2.45, 2.75) is 20.8 Å². The molecule has 0 saturated heterocycles. The lowest BCUT2D eigenvalue weighted by molar-refractivity contribution is 0.0360. The maximum atomic E-state index is 11.7. The third-order valence-corrected chi connectivity index (χ3v) is 2.36. The molecule has 0 aliphatic heterocycles. The van der Waals surface area contributed by atoms with E-state index in [1.54, 1.807) is 20.8 Å². The molecule has 6 heteroatoms. The van der Waals surface area contributed by atoms with E-state index in [9.17, 15) is 9.59 Å². The maximum Gasteiger partial charge on any atom is 0.339 e. The Morgan fingerprint density at radius 1 is 1.35 bits per heavy atom. The number of aromatic nitrogens is 1. The summed E-state index contributed by atoms with van der Waals surface area (Å²) in [6.45, 7) is 5.51. The van der Waals surface area contributed by atoms with E-state index in [0.717, 1.165) is 0 Å². The van der Waals surface area contributed by atoms with Gasteiger partial charge < -0.3 is 9.72 Å².